The molecule has 2 aromatic carbocycles. The molecule has 23 heavy (non-hydrogen) atoms. The van der Waals surface area contributed by atoms with Crippen LogP contribution in [0.1, 0.15) is 22.6 Å². The maximum absolute atomic E-state index is 6.38. The summed E-state index contributed by atoms with van der Waals surface area (Å²) in [6, 6.07) is 17.1. The molecule has 0 radical (unpaired) electrons. The molecule has 124 valence electrons. The lowest BCUT2D eigenvalue weighted by molar-refractivity contribution is 0.314. The summed E-state index contributed by atoms with van der Waals surface area (Å²) in [6.07, 6.45) is 0. The molecule has 0 saturated carbocycles. The van der Waals surface area contributed by atoms with Crippen LogP contribution in [0.4, 0.5) is 0 Å². The van der Waals surface area contributed by atoms with Crippen molar-refractivity contribution in [1.29, 1.82) is 0 Å². The van der Waals surface area contributed by atoms with E-state index in [1.54, 1.807) is 7.11 Å². The Kier molecular flexibility index (Phi) is 6.05. The lowest BCUT2D eigenvalue weighted by Gasteiger charge is -2.18. The van der Waals surface area contributed by atoms with Gasteiger partial charge in [-0.05, 0) is 18.6 Å². The zero-order valence-electron chi connectivity index (χ0n) is 13.7. The van der Waals surface area contributed by atoms with Crippen LogP contribution >= 0.6 is 12.4 Å². The molecule has 0 spiro atoms. The minimum atomic E-state index is 0. The molecule has 0 bridgehead atoms. The van der Waals surface area contributed by atoms with Crippen molar-refractivity contribution in [1.82, 2.24) is 4.90 Å². The van der Waals surface area contributed by atoms with Crippen LogP contribution in [0, 0.1) is 6.92 Å². The van der Waals surface area contributed by atoms with Gasteiger partial charge < -0.3 is 10.5 Å². The topological polar surface area (TPSA) is 38.5 Å². The van der Waals surface area contributed by atoms with Crippen molar-refractivity contribution in [2.24, 2.45) is 5.73 Å². The van der Waals surface area contributed by atoms with E-state index in [0.29, 0.717) is 5.92 Å². The summed E-state index contributed by atoms with van der Waals surface area (Å²) in [6.45, 7) is 4.94. The van der Waals surface area contributed by atoms with Crippen LogP contribution in [-0.4, -0.2) is 31.1 Å². The summed E-state index contributed by atoms with van der Waals surface area (Å²) in [7, 11) is 1.73. The van der Waals surface area contributed by atoms with E-state index in [9.17, 15) is 0 Å². The van der Waals surface area contributed by atoms with Crippen LogP contribution in [0.15, 0.2) is 48.5 Å². The molecule has 1 aliphatic heterocycles. The van der Waals surface area contributed by atoms with Crippen LogP contribution in [0.3, 0.4) is 0 Å². The Balaban J connectivity index is 0.00000192. The summed E-state index contributed by atoms with van der Waals surface area (Å²) in [5, 5.41) is 0. The summed E-state index contributed by atoms with van der Waals surface area (Å²) in [4.78, 5) is 2.43. The van der Waals surface area contributed by atoms with Crippen LogP contribution in [-0.2, 0) is 6.54 Å². The van der Waals surface area contributed by atoms with E-state index in [2.05, 4.69) is 60.4 Å². The molecule has 0 aliphatic carbocycles. The Hall–Kier alpha value is -1.55. The molecule has 1 fully saturated rings. The van der Waals surface area contributed by atoms with Gasteiger partial charge in [0.15, 0.2) is 0 Å². The average molecular weight is 333 g/mol. The zero-order valence-corrected chi connectivity index (χ0v) is 14.6. The van der Waals surface area contributed by atoms with Crippen molar-refractivity contribution in [3.05, 3.63) is 65.2 Å². The molecule has 0 aromatic heterocycles. The van der Waals surface area contributed by atoms with Gasteiger partial charge in [-0.2, -0.15) is 0 Å². The monoisotopic (exact) mass is 332 g/mol. The van der Waals surface area contributed by atoms with E-state index < -0.39 is 0 Å². The van der Waals surface area contributed by atoms with Crippen molar-refractivity contribution in [3.8, 4) is 5.75 Å². The maximum Gasteiger partial charge on any atom is 0.123 e. The number of likely N-dealkylation sites (tertiary alicyclic amines) is 1. The average Bonchev–Trinajstić information content (AvgIpc) is 2.89. The highest BCUT2D eigenvalue weighted by molar-refractivity contribution is 5.85. The van der Waals surface area contributed by atoms with Gasteiger partial charge in [0.2, 0.25) is 0 Å². The minimum Gasteiger partial charge on any atom is -0.496 e. The third kappa shape index (κ3) is 4.05. The van der Waals surface area contributed by atoms with Crippen LogP contribution in [0.2, 0.25) is 0 Å². The molecule has 0 amide bonds. The van der Waals surface area contributed by atoms with Crippen LogP contribution in [0.5, 0.6) is 5.75 Å². The Labute approximate surface area is 144 Å². The molecule has 3 rings (SSSR count). The summed E-state index contributed by atoms with van der Waals surface area (Å²) < 4.78 is 5.49. The highest BCUT2D eigenvalue weighted by atomic mass is 35.5. The third-order valence-electron chi connectivity index (χ3n) is 4.50. The predicted octanol–water partition coefficient (Wildman–Crippen LogP) is 3.35. The number of halogens is 1. The number of nitrogens with zero attached hydrogens (tertiary/aromatic N) is 1. The fourth-order valence-corrected chi connectivity index (χ4v) is 3.37. The number of benzene rings is 2. The Morgan fingerprint density at radius 3 is 2.57 bits per heavy atom. The molecule has 0 unspecified atom stereocenters. The molecule has 1 saturated heterocycles. The Morgan fingerprint density at radius 2 is 1.87 bits per heavy atom. The number of hydrogen-bond acceptors (Lipinski definition) is 3. The van der Waals surface area contributed by atoms with Crippen molar-refractivity contribution < 1.29 is 4.74 Å². The van der Waals surface area contributed by atoms with Crippen molar-refractivity contribution in [2.75, 3.05) is 20.2 Å². The molecular formula is C19H25ClN2O. The van der Waals surface area contributed by atoms with Gasteiger partial charge in [-0.15, -0.1) is 12.4 Å². The van der Waals surface area contributed by atoms with E-state index in [4.69, 9.17) is 10.5 Å². The first-order chi connectivity index (χ1) is 10.7. The van der Waals surface area contributed by atoms with Gasteiger partial charge in [0.1, 0.15) is 5.75 Å². The smallest absolute Gasteiger partial charge is 0.123 e. The molecule has 1 heterocycles. The van der Waals surface area contributed by atoms with Crippen LogP contribution in [0.25, 0.3) is 0 Å². The van der Waals surface area contributed by atoms with Crippen molar-refractivity contribution in [3.63, 3.8) is 0 Å². The van der Waals surface area contributed by atoms with Gasteiger partial charge in [0.25, 0.3) is 0 Å². The highest BCUT2D eigenvalue weighted by Crippen LogP contribution is 2.29. The zero-order chi connectivity index (χ0) is 15.5. The second-order valence-electron chi connectivity index (χ2n) is 6.19. The second kappa shape index (κ2) is 7.82. The normalized spacial score (nSPS) is 21.0. The van der Waals surface area contributed by atoms with E-state index >= 15 is 0 Å². The standard InChI is InChI=1S/C19H24N2O.ClH/c1-14-8-9-19(22-2)16(10-14)11-21-12-17(18(20)13-21)15-6-4-3-5-7-15;/h3-10,17-18H,11-13,20H2,1-2H3;1H/t17-,18+;/m0./s1. The minimum absolute atomic E-state index is 0. The first-order valence-electron chi connectivity index (χ1n) is 7.84. The second-order valence-corrected chi connectivity index (χ2v) is 6.19. The van der Waals surface area contributed by atoms with Gasteiger partial charge in [0.05, 0.1) is 7.11 Å². The first-order valence-corrected chi connectivity index (χ1v) is 7.84. The highest BCUT2D eigenvalue weighted by Gasteiger charge is 2.31. The fraction of sp³-hybridized carbons (Fsp3) is 0.368. The number of aryl methyl sites for hydroxylation is 1. The molecule has 2 N–H and O–H groups in total. The molecule has 2 atom stereocenters. The van der Waals surface area contributed by atoms with E-state index in [1.165, 1.54) is 16.7 Å². The number of nitrogens with two attached hydrogens (primary N) is 1. The molecular weight excluding hydrogens is 308 g/mol. The summed E-state index contributed by atoms with van der Waals surface area (Å²) in [5.74, 6) is 1.37. The number of hydrogen-bond donors (Lipinski definition) is 1. The third-order valence-corrected chi connectivity index (χ3v) is 4.50. The summed E-state index contributed by atoms with van der Waals surface area (Å²) >= 11 is 0. The van der Waals surface area contributed by atoms with Gasteiger partial charge in [-0.25, -0.2) is 0 Å². The molecule has 2 aromatic rings. The van der Waals surface area contributed by atoms with Gasteiger partial charge in [0, 0.05) is 37.2 Å². The SMILES string of the molecule is COc1ccc(C)cc1CN1C[C@@H](N)[C@H](c2ccccc2)C1.Cl. The molecule has 1 aliphatic rings. The van der Waals surface area contributed by atoms with Gasteiger partial charge in [-0.1, -0.05) is 48.0 Å². The number of methoxy groups -OCH3 is 1. The first kappa shape index (κ1) is 17.8. The lowest BCUT2D eigenvalue weighted by atomic mass is 9.95. The van der Waals surface area contributed by atoms with E-state index in [-0.39, 0.29) is 18.4 Å². The molecule has 3 nitrogen and oxygen atoms in total. The number of ether oxygens (including phenoxy) is 1. The lowest BCUT2D eigenvalue weighted by Crippen LogP contribution is -2.28. The van der Waals surface area contributed by atoms with Crippen molar-refractivity contribution >= 4 is 12.4 Å². The van der Waals surface area contributed by atoms with Gasteiger partial charge >= 0.3 is 0 Å². The van der Waals surface area contributed by atoms with Gasteiger partial charge in [-0.3, -0.25) is 4.90 Å². The molecule has 4 heteroatoms. The quantitative estimate of drug-likeness (QED) is 0.933. The van der Waals surface area contributed by atoms with E-state index in [0.717, 1.165) is 25.4 Å². The summed E-state index contributed by atoms with van der Waals surface area (Å²) in [5.41, 5.74) is 10.2. The Bertz CT molecular complexity index is 633. The Morgan fingerprint density at radius 1 is 1.13 bits per heavy atom. The fourth-order valence-electron chi connectivity index (χ4n) is 3.37. The number of rotatable bonds is 4. The largest absolute Gasteiger partial charge is 0.496 e. The van der Waals surface area contributed by atoms with Crippen molar-refractivity contribution in [2.45, 2.75) is 25.4 Å². The van der Waals surface area contributed by atoms with E-state index in [1.807, 2.05) is 0 Å². The maximum atomic E-state index is 6.38. The predicted molar refractivity (Wildman–Crippen MR) is 97.4 cm³/mol. The van der Waals surface area contributed by atoms with Crippen LogP contribution < -0.4 is 10.5 Å².